The number of hydrogen-bond acceptors (Lipinski definition) is 6. The molecule has 0 saturated carbocycles. The van der Waals surface area contributed by atoms with Gasteiger partial charge in [0.1, 0.15) is 5.60 Å². The molecule has 2 aliphatic heterocycles. The van der Waals surface area contributed by atoms with Gasteiger partial charge in [0.15, 0.2) is 0 Å². The molecule has 2 aromatic heterocycles. The molecular weight excluding hydrogens is 458 g/mol. The molecule has 0 fully saturated rings. The standard InChI is InChI=1S/C24H23N3O4S2/c28-20-6-5-16-12-18(11-15-3-1-8-27(20)21(15)16)26-23(30)22(29)25-14-24(31,17-7-10-32-13-17)19-4-2-9-33-19/h2,4,7,9-13,31H,1,3,5-6,8,14H2,(H,25,29)(H,26,30). The van der Waals surface area contributed by atoms with E-state index in [4.69, 9.17) is 0 Å². The minimum atomic E-state index is -1.41. The molecule has 0 aliphatic carbocycles. The molecule has 4 heterocycles. The Bertz CT molecular complexity index is 1150. The summed E-state index contributed by atoms with van der Waals surface area (Å²) in [6.45, 7) is 0.604. The van der Waals surface area contributed by atoms with Crippen LogP contribution in [0.2, 0.25) is 0 Å². The molecule has 33 heavy (non-hydrogen) atoms. The minimum absolute atomic E-state index is 0.122. The lowest BCUT2D eigenvalue weighted by Gasteiger charge is -2.35. The predicted molar refractivity (Wildman–Crippen MR) is 129 cm³/mol. The number of amides is 3. The summed E-state index contributed by atoms with van der Waals surface area (Å²) in [7, 11) is 0. The van der Waals surface area contributed by atoms with Gasteiger partial charge in [0.05, 0.1) is 12.2 Å². The Morgan fingerprint density at radius 3 is 2.64 bits per heavy atom. The van der Waals surface area contributed by atoms with Crippen molar-refractivity contribution in [2.24, 2.45) is 0 Å². The second-order valence-electron chi connectivity index (χ2n) is 8.28. The Kier molecular flexibility index (Phi) is 5.77. The Morgan fingerprint density at radius 2 is 1.91 bits per heavy atom. The number of nitrogens with one attached hydrogen (secondary N) is 2. The van der Waals surface area contributed by atoms with E-state index in [0.717, 1.165) is 36.2 Å². The normalized spacial score (nSPS) is 16.6. The molecule has 1 aromatic carbocycles. The van der Waals surface area contributed by atoms with Crippen LogP contribution in [0.3, 0.4) is 0 Å². The number of rotatable bonds is 5. The van der Waals surface area contributed by atoms with Gasteiger partial charge >= 0.3 is 11.8 Å². The second kappa shape index (κ2) is 8.74. The van der Waals surface area contributed by atoms with Crippen LogP contribution in [0.15, 0.2) is 46.5 Å². The molecule has 7 nitrogen and oxygen atoms in total. The first-order chi connectivity index (χ1) is 16.0. The van der Waals surface area contributed by atoms with Gasteiger partial charge in [-0.15, -0.1) is 11.3 Å². The third-order valence-electron chi connectivity index (χ3n) is 6.17. The summed E-state index contributed by atoms with van der Waals surface area (Å²) in [6, 6.07) is 9.15. The van der Waals surface area contributed by atoms with Crippen molar-refractivity contribution in [1.82, 2.24) is 5.32 Å². The molecule has 3 amide bonds. The predicted octanol–water partition coefficient (Wildman–Crippen LogP) is 3.03. The summed E-state index contributed by atoms with van der Waals surface area (Å²) in [4.78, 5) is 40.0. The molecule has 2 aliphatic rings. The summed E-state index contributed by atoms with van der Waals surface area (Å²) in [5.41, 5.74) is 2.82. The van der Waals surface area contributed by atoms with Gasteiger partial charge in [-0.1, -0.05) is 6.07 Å². The smallest absolute Gasteiger partial charge is 0.313 e. The number of aliphatic hydroxyl groups is 1. The van der Waals surface area contributed by atoms with Crippen LogP contribution in [0.4, 0.5) is 11.4 Å². The Hall–Kier alpha value is -3.01. The van der Waals surface area contributed by atoms with Crippen LogP contribution in [0.1, 0.15) is 34.4 Å². The van der Waals surface area contributed by atoms with Crippen molar-refractivity contribution in [3.05, 3.63) is 68.0 Å². The van der Waals surface area contributed by atoms with Crippen LogP contribution in [-0.4, -0.2) is 35.9 Å². The lowest BCUT2D eigenvalue weighted by molar-refractivity contribution is -0.136. The van der Waals surface area contributed by atoms with E-state index in [1.807, 2.05) is 45.3 Å². The van der Waals surface area contributed by atoms with Crippen molar-refractivity contribution >= 4 is 51.8 Å². The number of carbonyl (C=O) groups excluding carboxylic acids is 3. The molecule has 0 saturated heterocycles. The molecule has 0 radical (unpaired) electrons. The zero-order valence-corrected chi connectivity index (χ0v) is 19.4. The summed E-state index contributed by atoms with van der Waals surface area (Å²) in [5, 5.41) is 22.2. The number of hydrogen-bond donors (Lipinski definition) is 3. The second-order valence-corrected chi connectivity index (χ2v) is 10.0. The average molecular weight is 482 g/mol. The van der Waals surface area contributed by atoms with Crippen molar-refractivity contribution in [3.8, 4) is 0 Å². The quantitative estimate of drug-likeness (QED) is 0.488. The largest absolute Gasteiger partial charge is 0.378 e. The lowest BCUT2D eigenvalue weighted by atomic mass is 9.91. The molecule has 3 aromatic rings. The van der Waals surface area contributed by atoms with Crippen molar-refractivity contribution in [1.29, 1.82) is 0 Å². The van der Waals surface area contributed by atoms with E-state index in [9.17, 15) is 19.5 Å². The maximum absolute atomic E-state index is 12.6. The Morgan fingerprint density at radius 1 is 1.09 bits per heavy atom. The number of nitrogens with zero attached hydrogens (tertiary/aromatic N) is 1. The molecule has 1 atom stereocenters. The van der Waals surface area contributed by atoms with Gasteiger partial charge in [0, 0.05) is 29.1 Å². The first-order valence-electron chi connectivity index (χ1n) is 10.8. The van der Waals surface area contributed by atoms with E-state index >= 15 is 0 Å². The number of thiophene rings is 2. The average Bonchev–Trinajstić information content (AvgIpc) is 3.54. The number of carbonyl (C=O) groups is 3. The van der Waals surface area contributed by atoms with Gasteiger partial charge in [-0.2, -0.15) is 11.3 Å². The van der Waals surface area contributed by atoms with Crippen molar-refractivity contribution in [2.45, 2.75) is 31.3 Å². The van der Waals surface area contributed by atoms with Crippen molar-refractivity contribution in [3.63, 3.8) is 0 Å². The number of aryl methyl sites for hydroxylation is 2. The molecule has 0 bridgehead atoms. The van der Waals surface area contributed by atoms with Gasteiger partial charge in [0.25, 0.3) is 0 Å². The number of anilines is 2. The monoisotopic (exact) mass is 481 g/mol. The fraction of sp³-hybridized carbons (Fsp3) is 0.292. The fourth-order valence-corrected chi connectivity index (χ4v) is 6.12. The fourth-order valence-electron chi connectivity index (χ4n) is 4.55. The molecule has 1 unspecified atom stereocenters. The maximum atomic E-state index is 12.6. The van der Waals surface area contributed by atoms with Gasteiger partial charge in [-0.05, 0) is 70.8 Å². The van der Waals surface area contributed by atoms with Crippen molar-refractivity contribution in [2.75, 3.05) is 23.3 Å². The summed E-state index contributed by atoms with van der Waals surface area (Å²) in [6.07, 6.45) is 2.78. The highest BCUT2D eigenvalue weighted by Gasteiger charge is 2.35. The first-order valence-corrected chi connectivity index (χ1v) is 12.6. The Balaban J connectivity index is 1.30. The van der Waals surface area contributed by atoms with Gasteiger partial charge in [0.2, 0.25) is 5.91 Å². The van der Waals surface area contributed by atoms with Crippen LogP contribution in [0, 0.1) is 0 Å². The van der Waals surface area contributed by atoms with Crippen molar-refractivity contribution < 1.29 is 19.5 Å². The molecule has 170 valence electrons. The summed E-state index contributed by atoms with van der Waals surface area (Å²) < 4.78 is 0. The lowest BCUT2D eigenvalue weighted by Crippen LogP contribution is -2.44. The van der Waals surface area contributed by atoms with E-state index < -0.39 is 17.4 Å². The van der Waals surface area contributed by atoms with E-state index in [1.54, 1.807) is 6.07 Å². The number of benzene rings is 1. The van der Waals surface area contributed by atoms with Gasteiger partial charge in [-0.3, -0.25) is 14.4 Å². The van der Waals surface area contributed by atoms with E-state index in [2.05, 4.69) is 10.6 Å². The third kappa shape index (κ3) is 4.07. The highest BCUT2D eigenvalue weighted by atomic mass is 32.1. The van der Waals surface area contributed by atoms with Crippen LogP contribution >= 0.6 is 22.7 Å². The third-order valence-corrected chi connectivity index (χ3v) is 7.88. The zero-order chi connectivity index (χ0) is 23.0. The van der Waals surface area contributed by atoms with Gasteiger partial charge < -0.3 is 20.6 Å². The molecule has 0 spiro atoms. The van der Waals surface area contributed by atoms with Gasteiger partial charge in [-0.25, -0.2) is 0 Å². The van der Waals surface area contributed by atoms with E-state index in [-0.39, 0.29) is 12.5 Å². The first kappa shape index (κ1) is 21.8. The van der Waals surface area contributed by atoms with E-state index in [0.29, 0.717) is 29.0 Å². The summed E-state index contributed by atoms with van der Waals surface area (Å²) >= 11 is 2.84. The van der Waals surface area contributed by atoms with E-state index in [1.165, 1.54) is 22.7 Å². The van der Waals surface area contributed by atoms with Crippen LogP contribution < -0.4 is 15.5 Å². The molecule has 3 N–H and O–H groups in total. The SMILES string of the molecule is O=C(NCC(O)(c1ccsc1)c1cccs1)C(=O)Nc1cc2c3c(c1)CCC(=O)N3CCC2. The van der Waals surface area contributed by atoms with Crippen LogP contribution in [0.25, 0.3) is 0 Å². The molecule has 9 heteroatoms. The topological polar surface area (TPSA) is 98.7 Å². The van der Waals surface area contributed by atoms with Crippen LogP contribution in [-0.2, 0) is 32.8 Å². The summed E-state index contributed by atoms with van der Waals surface area (Å²) in [5.74, 6) is -1.47. The highest BCUT2D eigenvalue weighted by molar-refractivity contribution is 7.10. The molecule has 5 rings (SSSR count). The highest BCUT2D eigenvalue weighted by Crippen LogP contribution is 2.38. The Labute approximate surface area is 199 Å². The van der Waals surface area contributed by atoms with Crippen LogP contribution in [0.5, 0.6) is 0 Å². The molecular formula is C24H23N3O4S2. The maximum Gasteiger partial charge on any atom is 0.313 e. The zero-order valence-electron chi connectivity index (χ0n) is 17.8. The minimum Gasteiger partial charge on any atom is -0.378 e.